The molecular formula is C19H18FN3O2. The number of aryl methyl sites for hydroxylation is 2. The summed E-state index contributed by atoms with van der Waals surface area (Å²) >= 11 is 0. The molecule has 25 heavy (non-hydrogen) atoms. The fraction of sp³-hybridized carbons (Fsp3) is 0.211. The Balaban J connectivity index is 1.78. The van der Waals surface area contributed by atoms with Gasteiger partial charge in [-0.05, 0) is 50.1 Å². The number of esters is 1. The fourth-order valence-corrected chi connectivity index (χ4v) is 2.54. The molecule has 0 amide bonds. The van der Waals surface area contributed by atoms with Gasteiger partial charge in [0.2, 0.25) is 0 Å². The van der Waals surface area contributed by atoms with Crippen molar-refractivity contribution in [3.05, 3.63) is 76.4 Å². The normalized spacial score (nSPS) is 10.7. The summed E-state index contributed by atoms with van der Waals surface area (Å²) in [6.07, 6.45) is 0. The molecule has 0 atom stereocenters. The van der Waals surface area contributed by atoms with Crippen LogP contribution < -0.4 is 0 Å². The van der Waals surface area contributed by atoms with Crippen molar-refractivity contribution in [1.29, 1.82) is 0 Å². The first-order valence-corrected chi connectivity index (χ1v) is 7.87. The van der Waals surface area contributed by atoms with Gasteiger partial charge in [0.15, 0.2) is 5.69 Å². The van der Waals surface area contributed by atoms with E-state index < -0.39 is 5.97 Å². The van der Waals surface area contributed by atoms with Crippen LogP contribution >= 0.6 is 0 Å². The highest BCUT2D eigenvalue weighted by Crippen LogP contribution is 2.16. The standard InChI is InChI=1S/C19H18FN3O2/c1-12-7-8-13(2)15(9-12)11-25-19(24)18-14(3)23(22-21-18)17-6-4-5-16(20)10-17/h4-10H,11H2,1-3H3. The monoisotopic (exact) mass is 339 g/mol. The van der Waals surface area contributed by atoms with Crippen LogP contribution in [0.4, 0.5) is 4.39 Å². The first-order valence-electron chi connectivity index (χ1n) is 7.87. The van der Waals surface area contributed by atoms with E-state index in [4.69, 9.17) is 4.74 Å². The number of hydrogen-bond acceptors (Lipinski definition) is 4. The first kappa shape index (κ1) is 16.8. The molecule has 0 saturated heterocycles. The van der Waals surface area contributed by atoms with E-state index in [0.717, 1.165) is 16.7 Å². The van der Waals surface area contributed by atoms with E-state index >= 15 is 0 Å². The van der Waals surface area contributed by atoms with Crippen LogP contribution in [-0.4, -0.2) is 21.0 Å². The van der Waals surface area contributed by atoms with Crippen LogP contribution in [-0.2, 0) is 11.3 Å². The van der Waals surface area contributed by atoms with Gasteiger partial charge in [-0.3, -0.25) is 0 Å². The number of hydrogen-bond donors (Lipinski definition) is 0. The minimum absolute atomic E-state index is 0.120. The lowest BCUT2D eigenvalue weighted by Gasteiger charge is -2.08. The predicted octanol–water partition coefficient (Wildman–Crippen LogP) is 3.69. The molecule has 5 nitrogen and oxygen atoms in total. The van der Waals surface area contributed by atoms with E-state index in [1.807, 2.05) is 32.0 Å². The second-order valence-electron chi connectivity index (χ2n) is 5.92. The van der Waals surface area contributed by atoms with E-state index in [1.165, 1.54) is 16.8 Å². The van der Waals surface area contributed by atoms with E-state index in [9.17, 15) is 9.18 Å². The van der Waals surface area contributed by atoms with Gasteiger partial charge in [-0.1, -0.05) is 35.0 Å². The molecule has 0 bridgehead atoms. The molecule has 0 N–H and O–H groups in total. The van der Waals surface area contributed by atoms with E-state index in [-0.39, 0.29) is 18.1 Å². The van der Waals surface area contributed by atoms with Crippen molar-refractivity contribution < 1.29 is 13.9 Å². The van der Waals surface area contributed by atoms with Gasteiger partial charge in [-0.15, -0.1) is 5.10 Å². The maximum Gasteiger partial charge on any atom is 0.361 e. The number of carbonyl (C=O) groups excluding carboxylic acids is 1. The Bertz CT molecular complexity index is 934. The van der Waals surface area contributed by atoms with Gasteiger partial charge in [-0.2, -0.15) is 0 Å². The lowest BCUT2D eigenvalue weighted by Crippen LogP contribution is -2.09. The predicted molar refractivity (Wildman–Crippen MR) is 91.1 cm³/mol. The van der Waals surface area contributed by atoms with Gasteiger partial charge in [0, 0.05) is 0 Å². The highest BCUT2D eigenvalue weighted by atomic mass is 19.1. The van der Waals surface area contributed by atoms with Crippen LogP contribution in [0.25, 0.3) is 5.69 Å². The van der Waals surface area contributed by atoms with Crippen LogP contribution in [0.3, 0.4) is 0 Å². The molecule has 0 unspecified atom stereocenters. The Morgan fingerprint density at radius 1 is 1.16 bits per heavy atom. The SMILES string of the molecule is Cc1ccc(C)c(COC(=O)c2nnn(-c3cccc(F)c3)c2C)c1. The van der Waals surface area contributed by atoms with Crippen molar-refractivity contribution in [2.75, 3.05) is 0 Å². The molecule has 6 heteroatoms. The summed E-state index contributed by atoms with van der Waals surface area (Å²) in [5.41, 5.74) is 4.22. The van der Waals surface area contributed by atoms with Gasteiger partial charge in [-0.25, -0.2) is 13.9 Å². The average molecular weight is 339 g/mol. The summed E-state index contributed by atoms with van der Waals surface area (Å²) in [6.45, 7) is 5.81. The summed E-state index contributed by atoms with van der Waals surface area (Å²) in [5, 5.41) is 7.82. The van der Waals surface area contributed by atoms with Crippen LogP contribution in [0.15, 0.2) is 42.5 Å². The van der Waals surface area contributed by atoms with Gasteiger partial charge in [0.25, 0.3) is 0 Å². The average Bonchev–Trinajstić information content (AvgIpc) is 2.97. The smallest absolute Gasteiger partial charge is 0.361 e. The van der Waals surface area contributed by atoms with Crippen molar-refractivity contribution in [2.45, 2.75) is 27.4 Å². The van der Waals surface area contributed by atoms with Crippen LogP contribution in [0.2, 0.25) is 0 Å². The Morgan fingerprint density at radius 3 is 2.72 bits per heavy atom. The molecule has 0 saturated carbocycles. The molecule has 0 aliphatic heterocycles. The Morgan fingerprint density at radius 2 is 1.96 bits per heavy atom. The Hall–Kier alpha value is -3.02. The molecule has 0 aliphatic rings. The Labute approximate surface area is 145 Å². The molecule has 3 rings (SSSR count). The number of rotatable bonds is 4. The molecule has 0 aliphatic carbocycles. The van der Waals surface area contributed by atoms with E-state index in [0.29, 0.717) is 11.4 Å². The summed E-state index contributed by atoms with van der Waals surface area (Å²) in [6, 6.07) is 11.9. The van der Waals surface area contributed by atoms with Crippen LogP contribution in [0, 0.1) is 26.6 Å². The number of nitrogens with zero attached hydrogens (tertiary/aromatic N) is 3. The van der Waals surface area contributed by atoms with Crippen molar-refractivity contribution in [3.8, 4) is 5.69 Å². The summed E-state index contributed by atoms with van der Waals surface area (Å²) < 4.78 is 20.2. The third-order valence-corrected chi connectivity index (χ3v) is 4.00. The third kappa shape index (κ3) is 3.57. The van der Waals surface area contributed by atoms with E-state index in [2.05, 4.69) is 10.3 Å². The fourth-order valence-electron chi connectivity index (χ4n) is 2.54. The zero-order valence-electron chi connectivity index (χ0n) is 14.3. The van der Waals surface area contributed by atoms with E-state index in [1.54, 1.807) is 19.1 Å². The molecule has 128 valence electrons. The number of aromatic nitrogens is 3. The highest BCUT2D eigenvalue weighted by molar-refractivity contribution is 5.88. The molecule has 1 aromatic heterocycles. The second-order valence-corrected chi connectivity index (χ2v) is 5.92. The molecule has 0 fully saturated rings. The largest absolute Gasteiger partial charge is 0.456 e. The van der Waals surface area contributed by atoms with Crippen molar-refractivity contribution in [1.82, 2.24) is 15.0 Å². The first-order chi connectivity index (χ1) is 12.0. The summed E-state index contributed by atoms with van der Waals surface area (Å²) in [7, 11) is 0. The zero-order chi connectivity index (χ0) is 18.0. The number of benzene rings is 2. The quantitative estimate of drug-likeness (QED) is 0.680. The molecular weight excluding hydrogens is 321 g/mol. The van der Waals surface area contributed by atoms with Gasteiger partial charge in [0.1, 0.15) is 12.4 Å². The van der Waals surface area contributed by atoms with Gasteiger partial charge < -0.3 is 4.74 Å². The number of ether oxygens (including phenoxy) is 1. The Kier molecular flexibility index (Phi) is 4.61. The summed E-state index contributed by atoms with van der Waals surface area (Å²) in [4.78, 5) is 12.3. The molecule has 0 spiro atoms. The molecule has 2 aromatic carbocycles. The second kappa shape index (κ2) is 6.84. The van der Waals surface area contributed by atoms with Gasteiger partial charge >= 0.3 is 5.97 Å². The lowest BCUT2D eigenvalue weighted by atomic mass is 10.1. The topological polar surface area (TPSA) is 57.0 Å². The molecule has 1 heterocycles. The maximum atomic E-state index is 13.4. The van der Waals surface area contributed by atoms with Gasteiger partial charge in [0.05, 0.1) is 11.4 Å². The molecule has 0 radical (unpaired) electrons. The lowest BCUT2D eigenvalue weighted by molar-refractivity contribution is 0.0464. The molecule has 3 aromatic rings. The maximum absolute atomic E-state index is 13.4. The minimum Gasteiger partial charge on any atom is -0.456 e. The minimum atomic E-state index is -0.555. The van der Waals surface area contributed by atoms with Crippen molar-refractivity contribution in [2.24, 2.45) is 0 Å². The highest BCUT2D eigenvalue weighted by Gasteiger charge is 2.19. The number of halogens is 1. The summed E-state index contributed by atoms with van der Waals surface area (Å²) in [5.74, 6) is -0.937. The van der Waals surface area contributed by atoms with Crippen LogP contribution in [0.1, 0.15) is 32.9 Å². The van der Waals surface area contributed by atoms with Crippen molar-refractivity contribution >= 4 is 5.97 Å². The van der Waals surface area contributed by atoms with Crippen molar-refractivity contribution in [3.63, 3.8) is 0 Å². The third-order valence-electron chi connectivity index (χ3n) is 4.00. The van der Waals surface area contributed by atoms with Crippen LogP contribution in [0.5, 0.6) is 0 Å². The zero-order valence-corrected chi connectivity index (χ0v) is 14.3. The number of carbonyl (C=O) groups is 1.